The first kappa shape index (κ1) is 12.4. The van der Waals surface area contributed by atoms with Crippen molar-refractivity contribution in [1.29, 1.82) is 0 Å². The first-order valence-corrected chi connectivity index (χ1v) is 5.98. The highest BCUT2D eigenvalue weighted by Crippen LogP contribution is 2.07. The number of carbonyl (C=O) groups is 1. The van der Waals surface area contributed by atoms with Crippen molar-refractivity contribution in [2.75, 3.05) is 0 Å². The zero-order chi connectivity index (χ0) is 13.0. The maximum atomic E-state index is 12.0. The molecular weight excluding hydrogens is 230 g/mol. The zero-order valence-electron chi connectivity index (χ0n) is 10.5. The molecular formula is C13H17N3O2. The van der Waals surface area contributed by atoms with Crippen LogP contribution in [0.2, 0.25) is 0 Å². The highest BCUT2D eigenvalue weighted by molar-refractivity contribution is 5.80. The van der Waals surface area contributed by atoms with Crippen LogP contribution in [0.1, 0.15) is 25.6 Å². The molecule has 0 unspecified atom stereocenters. The number of nitrogens with zero attached hydrogens (tertiary/aromatic N) is 2. The van der Waals surface area contributed by atoms with Gasteiger partial charge in [-0.2, -0.15) is 5.10 Å². The van der Waals surface area contributed by atoms with Crippen LogP contribution in [-0.2, 0) is 11.2 Å². The molecule has 96 valence electrons. The van der Waals surface area contributed by atoms with Gasteiger partial charge < -0.3 is 9.73 Å². The summed E-state index contributed by atoms with van der Waals surface area (Å²) in [6.07, 6.45) is 5.76. The molecule has 5 heteroatoms. The van der Waals surface area contributed by atoms with E-state index in [1.807, 2.05) is 26.0 Å². The molecule has 0 saturated carbocycles. The normalized spacial score (nSPS) is 14.1. The fourth-order valence-electron chi connectivity index (χ4n) is 1.77. The monoisotopic (exact) mass is 247 g/mol. The molecule has 0 radical (unpaired) electrons. The number of aromatic nitrogens is 2. The molecule has 5 nitrogen and oxygen atoms in total. The summed E-state index contributed by atoms with van der Waals surface area (Å²) in [7, 11) is 0. The van der Waals surface area contributed by atoms with E-state index in [-0.39, 0.29) is 18.0 Å². The molecule has 0 spiro atoms. The van der Waals surface area contributed by atoms with Crippen molar-refractivity contribution in [2.45, 2.75) is 32.4 Å². The van der Waals surface area contributed by atoms with Gasteiger partial charge in [0.1, 0.15) is 11.8 Å². The summed E-state index contributed by atoms with van der Waals surface area (Å²) in [6.45, 7) is 3.78. The second kappa shape index (κ2) is 5.53. The predicted octanol–water partition coefficient (Wildman–Crippen LogP) is 1.78. The van der Waals surface area contributed by atoms with Gasteiger partial charge in [0.05, 0.1) is 6.26 Å². The summed E-state index contributed by atoms with van der Waals surface area (Å²) < 4.78 is 6.88. The molecule has 1 N–H and O–H groups in total. The lowest BCUT2D eigenvalue weighted by Gasteiger charge is -2.17. The number of furan rings is 1. The Morgan fingerprint density at radius 3 is 2.94 bits per heavy atom. The van der Waals surface area contributed by atoms with Gasteiger partial charge in [-0.3, -0.25) is 9.48 Å². The quantitative estimate of drug-likeness (QED) is 0.876. The number of carbonyl (C=O) groups excluding carboxylic acids is 1. The third-order valence-corrected chi connectivity index (χ3v) is 2.78. The van der Waals surface area contributed by atoms with E-state index in [1.165, 1.54) is 0 Å². The molecule has 1 amide bonds. The average Bonchev–Trinajstić information content (AvgIpc) is 2.99. The lowest BCUT2D eigenvalue weighted by Crippen LogP contribution is -2.38. The largest absolute Gasteiger partial charge is 0.469 e. The fraction of sp³-hybridized carbons (Fsp3) is 0.385. The summed E-state index contributed by atoms with van der Waals surface area (Å²) in [5.41, 5.74) is 0. The van der Waals surface area contributed by atoms with Crippen molar-refractivity contribution in [3.8, 4) is 0 Å². The summed E-state index contributed by atoms with van der Waals surface area (Å²) >= 11 is 0. The van der Waals surface area contributed by atoms with Crippen LogP contribution in [0.25, 0.3) is 0 Å². The van der Waals surface area contributed by atoms with Gasteiger partial charge >= 0.3 is 0 Å². The molecule has 0 aliphatic rings. The Morgan fingerprint density at radius 1 is 1.50 bits per heavy atom. The molecule has 0 bridgehead atoms. The van der Waals surface area contributed by atoms with Gasteiger partial charge in [0.25, 0.3) is 0 Å². The van der Waals surface area contributed by atoms with Crippen molar-refractivity contribution < 1.29 is 9.21 Å². The predicted molar refractivity (Wildman–Crippen MR) is 67.0 cm³/mol. The Hall–Kier alpha value is -2.04. The van der Waals surface area contributed by atoms with Gasteiger partial charge in [0.2, 0.25) is 5.91 Å². The molecule has 0 aliphatic carbocycles. The third kappa shape index (κ3) is 3.00. The zero-order valence-corrected chi connectivity index (χ0v) is 10.5. The van der Waals surface area contributed by atoms with Crippen LogP contribution in [-0.4, -0.2) is 21.7 Å². The first-order chi connectivity index (χ1) is 8.66. The van der Waals surface area contributed by atoms with E-state index < -0.39 is 0 Å². The van der Waals surface area contributed by atoms with Crippen molar-refractivity contribution in [3.05, 3.63) is 42.6 Å². The molecule has 2 heterocycles. The topological polar surface area (TPSA) is 60.1 Å². The Labute approximate surface area is 106 Å². The lowest BCUT2D eigenvalue weighted by atomic mass is 10.2. The van der Waals surface area contributed by atoms with Crippen LogP contribution < -0.4 is 5.32 Å². The molecule has 0 fully saturated rings. The molecule has 0 saturated heterocycles. The maximum Gasteiger partial charge on any atom is 0.244 e. The smallest absolute Gasteiger partial charge is 0.244 e. The molecule has 0 aliphatic heterocycles. The minimum atomic E-state index is -0.306. The molecule has 0 aromatic carbocycles. The third-order valence-electron chi connectivity index (χ3n) is 2.78. The first-order valence-electron chi connectivity index (χ1n) is 5.98. The van der Waals surface area contributed by atoms with E-state index in [1.54, 1.807) is 29.4 Å². The van der Waals surface area contributed by atoms with Gasteiger partial charge in [-0.1, -0.05) is 0 Å². The number of nitrogens with one attached hydrogen (secondary N) is 1. The Morgan fingerprint density at radius 2 is 2.33 bits per heavy atom. The lowest BCUT2D eigenvalue weighted by molar-refractivity contribution is -0.124. The number of hydrogen-bond donors (Lipinski definition) is 1. The van der Waals surface area contributed by atoms with E-state index >= 15 is 0 Å². The highest BCUT2D eigenvalue weighted by atomic mass is 16.3. The maximum absolute atomic E-state index is 12.0. The van der Waals surface area contributed by atoms with Crippen molar-refractivity contribution in [1.82, 2.24) is 15.1 Å². The highest BCUT2D eigenvalue weighted by Gasteiger charge is 2.17. The van der Waals surface area contributed by atoms with Gasteiger partial charge in [-0.15, -0.1) is 0 Å². The second-order valence-corrected chi connectivity index (χ2v) is 4.36. The molecule has 2 rings (SSSR count). The number of rotatable bonds is 5. The van der Waals surface area contributed by atoms with E-state index in [4.69, 9.17) is 4.42 Å². The van der Waals surface area contributed by atoms with Crippen LogP contribution in [0.4, 0.5) is 0 Å². The van der Waals surface area contributed by atoms with Gasteiger partial charge in [-0.25, -0.2) is 0 Å². The Kier molecular flexibility index (Phi) is 3.82. The summed E-state index contributed by atoms with van der Waals surface area (Å²) in [4.78, 5) is 12.0. The Balaban J connectivity index is 1.87. The molecule has 18 heavy (non-hydrogen) atoms. The van der Waals surface area contributed by atoms with Crippen LogP contribution in [0, 0.1) is 0 Å². The van der Waals surface area contributed by atoms with Crippen LogP contribution in [0.15, 0.2) is 41.3 Å². The second-order valence-electron chi connectivity index (χ2n) is 4.36. The van der Waals surface area contributed by atoms with Crippen LogP contribution in [0.3, 0.4) is 0 Å². The van der Waals surface area contributed by atoms with Crippen LogP contribution >= 0.6 is 0 Å². The van der Waals surface area contributed by atoms with E-state index in [9.17, 15) is 4.79 Å². The standard InChI is InChI=1S/C13H17N3O2/c1-10(9-12-5-3-8-18-12)15-13(17)11(2)16-7-4-6-14-16/h3-8,10-11H,9H2,1-2H3,(H,15,17)/t10-,11+/m0/s1. The van der Waals surface area contributed by atoms with Crippen molar-refractivity contribution in [2.24, 2.45) is 0 Å². The number of amides is 1. The minimum Gasteiger partial charge on any atom is -0.469 e. The fourth-order valence-corrected chi connectivity index (χ4v) is 1.77. The molecule has 2 aromatic heterocycles. The summed E-state index contributed by atoms with van der Waals surface area (Å²) in [5.74, 6) is 0.826. The minimum absolute atomic E-state index is 0.0293. The van der Waals surface area contributed by atoms with Gasteiger partial charge in [0.15, 0.2) is 0 Å². The van der Waals surface area contributed by atoms with E-state index in [0.717, 1.165) is 5.76 Å². The van der Waals surface area contributed by atoms with Gasteiger partial charge in [0, 0.05) is 24.9 Å². The summed E-state index contributed by atoms with van der Waals surface area (Å²) in [5, 5.41) is 7.00. The van der Waals surface area contributed by atoms with Crippen molar-refractivity contribution in [3.63, 3.8) is 0 Å². The molecule has 2 aromatic rings. The van der Waals surface area contributed by atoms with Gasteiger partial charge in [-0.05, 0) is 32.0 Å². The van der Waals surface area contributed by atoms with E-state index in [2.05, 4.69) is 10.4 Å². The molecule has 2 atom stereocenters. The summed E-state index contributed by atoms with van der Waals surface area (Å²) in [6, 6.07) is 5.27. The van der Waals surface area contributed by atoms with Crippen LogP contribution in [0.5, 0.6) is 0 Å². The number of hydrogen-bond acceptors (Lipinski definition) is 3. The van der Waals surface area contributed by atoms with E-state index in [0.29, 0.717) is 6.42 Å². The Bertz CT molecular complexity index is 476. The average molecular weight is 247 g/mol. The van der Waals surface area contributed by atoms with Crippen molar-refractivity contribution >= 4 is 5.91 Å². The SMILES string of the molecule is C[C@H](C(=O)N[C@@H](C)Cc1ccco1)n1cccn1.